The number of benzene rings is 2. The average molecular weight is 909 g/mol. The lowest BCUT2D eigenvalue weighted by atomic mass is 10.2. The molecule has 0 bridgehead atoms. The van der Waals surface area contributed by atoms with E-state index in [2.05, 4.69) is 26.1 Å². The molecule has 6 atom stereocenters. The summed E-state index contributed by atoms with van der Waals surface area (Å²) in [5.41, 5.74) is 6.99. The highest BCUT2D eigenvalue weighted by Gasteiger charge is 2.21. The number of unbranched alkanes of at least 4 members (excludes halogenated alkanes) is 3. The van der Waals surface area contributed by atoms with Crippen LogP contribution in [0.4, 0.5) is 4.79 Å². The van der Waals surface area contributed by atoms with Crippen molar-refractivity contribution in [2.75, 3.05) is 99.0 Å². The minimum Gasteiger partial charge on any atom is -0.444 e. The molecule has 0 spiro atoms. The third kappa shape index (κ3) is 31.2. The van der Waals surface area contributed by atoms with Crippen LogP contribution in [0.2, 0.25) is 0 Å². The molecule has 15 nitrogen and oxygen atoms in total. The second-order valence-electron chi connectivity index (χ2n) is 16.8. The first-order valence-corrected chi connectivity index (χ1v) is 23.4. The Morgan fingerprint density at radius 2 is 0.891 bits per heavy atom. The average Bonchev–Trinajstić information content (AvgIpc) is 3.28. The number of aliphatic hydroxyl groups is 1. The molecule has 4 N–H and O–H groups in total. The van der Waals surface area contributed by atoms with Crippen molar-refractivity contribution < 1.29 is 62.0 Å². The number of alkyl carbamates (subject to hydrolysis) is 1. The van der Waals surface area contributed by atoms with E-state index in [1.54, 1.807) is 0 Å². The van der Waals surface area contributed by atoms with E-state index in [4.69, 9.17) is 57.8 Å². The summed E-state index contributed by atoms with van der Waals surface area (Å²) in [6.07, 6.45) is 2.70. The number of amides is 1. The summed E-state index contributed by atoms with van der Waals surface area (Å²) in [7, 11) is 0. The van der Waals surface area contributed by atoms with Crippen molar-refractivity contribution in [1.82, 2.24) is 5.32 Å². The van der Waals surface area contributed by atoms with Gasteiger partial charge >= 0.3 is 6.09 Å². The van der Waals surface area contributed by atoms with Crippen molar-refractivity contribution in [3.63, 3.8) is 0 Å². The highest BCUT2D eigenvalue weighted by atomic mass is 16.6. The standard InChI is InChI=1S/C49H84N2O13/c1-7-10-23-59-43(27-51-48(53)64-49(4,5)6)31-55-36-46(62-28-40-19-15-13-16-20-40)38-58-39-47(63-29-41-21-17-14-18-22-41)37-57-35-45(61-25-12-9-3)34-56-33-44(60-24-11-8-2)32-54-30-42(52)26-50/h13-22,42-47,52H,7-12,23-39,50H2,1-6H3,(H,51,53). The van der Waals surface area contributed by atoms with Crippen molar-refractivity contribution >= 4 is 6.09 Å². The number of aliphatic hydroxyl groups excluding tert-OH is 1. The molecule has 0 aliphatic rings. The van der Waals surface area contributed by atoms with Gasteiger partial charge in [0.05, 0.1) is 91.5 Å². The Labute approximate surface area is 384 Å². The maximum Gasteiger partial charge on any atom is 0.407 e. The summed E-state index contributed by atoms with van der Waals surface area (Å²) >= 11 is 0. The van der Waals surface area contributed by atoms with Crippen LogP contribution in [-0.4, -0.2) is 152 Å². The van der Waals surface area contributed by atoms with Crippen LogP contribution in [0.3, 0.4) is 0 Å². The van der Waals surface area contributed by atoms with Crippen LogP contribution in [0.1, 0.15) is 91.2 Å². The lowest BCUT2D eigenvalue weighted by molar-refractivity contribution is -0.122. The molecule has 2 aromatic carbocycles. The van der Waals surface area contributed by atoms with Gasteiger partial charge in [0, 0.05) is 32.9 Å². The van der Waals surface area contributed by atoms with Crippen molar-refractivity contribution in [2.24, 2.45) is 5.73 Å². The smallest absolute Gasteiger partial charge is 0.407 e. The van der Waals surface area contributed by atoms with Gasteiger partial charge in [-0.05, 0) is 51.2 Å². The SMILES string of the molecule is CCCCOC(CNC(=O)OC(C)(C)C)COCC(COCC(COCC(COCC(COCC(O)CN)OCCCC)OCCCC)OCc1ccccc1)OCc1ccccc1. The molecule has 0 aromatic heterocycles. The molecular weight excluding hydrogens is 825 g/mol. The molecule has 6 unspecified atom stereocenters. The second kappa shape index (κ2) is 37.3. The van der Waals surface area contributed by atoms with Crippen LogP contribution >= 0.6 is 0 Å². The number of carbonyl (C=O) groups is 1. The molecule has 15 heteroatoms. The monoisotopic (exact) mass is 909 g/mol. The van der Waals surface area contributed by atoms with Crippen molar-refractivity contribution in [1.29, 1.82) is 0 Å². The van der Waals surface area contributed by atoms with Crippen molar-refractivity contribution in [3.8, 4) is 0 Å². The molecule has 0 aliphatic heterocycles. The summed E-state index contributed by atoms with van der Waals surface area (Å²) in [5.74, 6) is 0. The first-order valence-electron chi connectivity index (χ1n) is 23.4. The highest BCUT2D eigenvalue weighted by molar-refractivity contribution is 5.67. The molecule has 0 saturated heterocycles. The van der Waals surface area contributed by atoms with Gasteiger partial charge in [0.2, 0.25) is 0 Å². The van der Waals surface area contributed by atoms with Gasteiger partial charge in [-0.3, -0.25) is 0 Å². The fraction of sp³-hybridized carbons (Fsp3) is 0.735. The summed E-state index contributed by atoms with van der Waals surface area (Å²) in [6, 6.07) is 19.9. The van der Waals surface area contributed by atoms with E-state index in [0.29, 0.717) is 46.2 Å². The molecule has 0 radical (unpaired) electrons. The number of carbonyl (C=O) groups excluding carboxylic acids is 1. The van der Waals surface area contributed by atoms with E-state index in [0.717, 1.165) is 49.7 Å². The number of hydrogen-bond donors (Lipinski definition) is 3. The van der Waals surface area contributed by atoms with Crippen LogP contribution in [0.25, 0.3) is 0 Å². The molecule has 2 rings (SSSR count). The summed E-state index contributed by atoms with van der Waals surface area (Å²) in [4.78, 5) is 12.4. The molecule has 0 saturated carbocycles. The Morgan fingerprint density at radius 3 is 1.25 bits per heavy atom. The Hall–Kier alpha value is -2.77. The molecule has 0 heterocycles. The number of nitrogens with one attached hydrogen (secondary N) is 1. The first-order chi connectivity index (χ1) is 31.0. The van der Waals surface area contributed by atoms with Gasteiger partial charge in [-0.25, -0.2) is 4.79 Å². The maximum atomic E-state index is 12.4. The molecule has 2 aromatic rings. The van der Waals surface area contributed by atoms with Crippen molar-refractivity contribution in [2.45, 2.75) is 136 Å². The van der Waals surface area contributed by atoms with E-state index >= 15 is 0 Å². The minimum atomic E-state index is -0.721. The van der Waals surface area contributed by atoms with E-state index in [-0.39, 0.29) is 84.3 Å². The van der Waals surface area contributed by atoms with Gasteiger partial charge in [0.15, 0.2) is 0 Å². The zero-order valence-electron chi connectivity index (χ0n) is 39.9. The van der Waals surface area contributed by atoms with Gasteiger partial charge in [-0.15, -0.1) is 0 Å². The van der Waals surface area contributed by atoms with E-state index in [1.807, 2.05) is 81.4 Å². The molecule has 368 valence electrons. The maximum absolute atomic E-state index is 12.4. The predicted octanol–water partition coefficient (Wildman–Crippen LogP) is 6.64. The van der Waals surface area contributed by atoms with E-state index in [9.17, 15) is 9.90 Å². The second-order valence-corrected chi connectivity index (χ2v) is 16.8. The Balaban J connectivity index is 2.06. The topological polar surface area (TPSA) is 177 Å². The summed E-state index contributed by atoms with van der Waals surface area (Å²) < 4.78 is 66.9. The fourth-order valence-electron chi connectivity index (χ4n) is 5.74. The first kappa shape index (κ1) is 57.4. The number of nitrogens with two attached hydrogens (primary N) is 1. The fourth-order valence-corrected chi connectivity index (χ4v) is 5.74. The number of hydrogen-bond acceptors (Lipinski definition) is 14. The number of rotatable bonds is 41. The largest absolute Gasteiger partial charge is 0.444 e. The predicted molar refractivity (Wildman–Crippen MR) is 247 cm³/mol. The van der Waals surface area contributed by atoms with Gasteiger partial charge in [0.25, 0.3) is 0 Å². The normalized spacial score (nSPS) is 14.8. The Kier molecular flexibility index (Phi) is 33.5. The Morgan fingerprint density at radius 1 is 0.547 bits per heavy atom. The van der Waals surface area contributed by atoms with Gasteiger partial charge in [-0.1, -0.05) is 101 Å². The van der Waals surface area contributed by atoms with Crippen LogP contribution in [0, 0.1) is 0 Å². The third-order valence-corrected chi connectivity index (χ3v) is 9.40. The van der Waals surface area contributed by atoms with Crippen LogP contribution in [0.15, 0.2) is 60.7 Å². The van der Waals surface area contributed by atoms with Gasteiger partial charge < -0.3 is 68.3 Å². The lowest BCUT2D eigenvalue weighted by Gasteiger charge is -2.25. The zero-order valence-corrected chi connectivity index (χ0v) is 39.9. The van der Waals surface area contributed by atoms with E-state index < -0.39 is 30.0 Å². The van der Waals surface area contributed by atoms with Crippen LogP contribution in [-0.2, 0) is 65.3 Å². The van der Waals surface area contributed by atoms with Gasteiger partial charge in [0.1, 0.15) is 30.0 Å². The molecule has 0 aliphatic carbocycles. The molecule has 64 heavy (non-hydrogen) atoms. The lowest BCUT2D eigenvalue weighted by Crippen LogP contribution is -2.40. The highest BCUT2D eigenvalue weighted by Crippen LogP contribution is 2.11. The molecular formula is C49H84N2O13. The van der Waals surface area contributed by atoms with Crippen LogP contribution < -0.4 is 11.1 Å². The van der Waals surface area contributed by atoms with Crippen molar-refractivity contribution in [3.05, 3.63) is 71.8 Å². The van der Waals surface area contributed by atoms with Gasteiger partial charge in [-0.2, -0.15) is 0 Å². The quantitative estimate of drug-likeness (QED) is 0.0606. The van der Waals surface area contributed by atoms with Crippen LogP contribution in [0.5, 0.6) is 0 Å². The molecule has 1 amide bonds. The molecule has 0 fully saturated rings. The minimum absolute atomic E-state index is 0.132. The number of ether oxygens (including phenoxy) is 11. The summed E-state index contributed by atoms with van der Waals surface area (Å²) in [5, 5.41) is 12.6. The summed E-state index contributed by atoms with van der Waals surface area (Å²) in [6.45, 7) is 17.2. The van der Waals surface area contributed by atoms with E-state index in [1.165, 1.54) is 0 Å². The Bertz CT molecular complexity index is 1360. The third-order valence-electron chi connectivity index (χ3n) is 9.40. The zero-order chi connectivity index (χ0) is 46.5.